The molecule has 0 atom stereocenters. The molecule has 1 aliphatic rings. The maximum atomic E-state index is 4.30. The lowest BCUT2D eigenvalue weighted by Crippen LogP contribution is -3.00. The second-order valence-corrected chi connectivity index (χ2v) is 3.77. The molecule has 1 N–H and O–H groups in total. The second kappa shape index (κ2) is 6.14. The van der Waals surface area contributed by atoms with Gasteiger partial charge < -0.3 is 24.0 Å². The third-order valence-electron chi connectivity index (χ3n) is 1.70. The van der Waals surface area contributed by atoms with Gasteiger partial charge in [-0.1, -0.05) is 0 Å². The molecule has 0 spiro atoms. The van der Waals surface area contributed by atoms with Gasteiger partial charge in [0.15, 0.2) is 0 Å². The van der Waals surface area contributed by atoms with Crippen LogP contribution >= 0.6 is 22.6 Å². The smallest absolute Gasteiger partial charge is 0.232 e. The van der Waals surface area contributed by atoms with Crippen molar-refractivity contribution < 1.29 is 29.0 Å². The van der Waals surface area contributed by atoms with Gasteiger partial charge in [-0.15, -0.1) is 0 Å². The van der Waals surface area contributed by atoms with Gasteiger partial charge in [-0.05, 0) is 34.7 Å². The molecule has 1 aromatic heterocycles. The summed E-state index contributed by atoms with van der Waals surface area (Å²) in [6.45, 7) is 0. The normalized spacial score (nSPS) is 13.0. The number of rotatable bonds is 1. The SMILES string of the molecule is Ic1cccnc1C1=[NH+]C=C=NC=C1.[I-]. The van der Waals surface area contributed by atoms with Gasteiger partial charge in [0.05, 0.1) is 5.87 Å². The van der Waals surface area contributed by atoms with Gasteiger partial charge in [0.25, 0.3) is 0 Å². The maximum absolute atomic E-state index is 4.30. The van der Waals surface area contributed by atoms with Crippen LogP contribution in [0.25, 0.3) is 0 Å². The summed E-state index contributed by atoms with van der Waals surface area (Å²) >= 11 is 2.25. The number of nitrogens with one attached hydrogen (secondary N) is 1. The van der Waals surface area contributed by atoms with E-state index in [-0.39, 0.29) is 24.0 Å². The van der Waals surface area contributed by atoms with Crippen LogP contribution in [0, 0.1) is 3.57 Å². The maximum Gasteiger partial charge on any atom is 0.232 e. The molecule has 2 heterocycles. The zero-order valence-corrected chi connectivity index (χ0v) is 11.9. The van der Waals surface area contributed by atoms with E-state index in [0.717, 1.165) is 15.0 Å². The zero-order chi connectivity index (χ0) is 9.80. The fraction of sp³-hybridized carbons (Fsp3) is 0. The summed E-state index contributed by atoms with van der Waals surface area (Å²) in [6, 6.07) is 3.93. The Balaban J connectivity index is 0.00000112. The van der Waals surface area contributed by atoms with Crippen molar-refractivity contribution in [3.63, 3.8) is 0 Å². The quantitative estimate of drug-likeness (QED) is 0.490. The van der Waals surface area contributed by atoms with Crippen LogP contribution in [0.3, 0.4) is 0 Å². The molecule has 0 saturated carbocycles. The highest BCUT2D eigenvalue weighted by atomic mass is 127. The molecule has 0 unspecified atom stereocenters. The number of hydrogen-bond acceptors (Lipinski definition) is 2. The van der Waals surface area contributed by atoms with Crippen molar-refractivity contribution in [2.24, 2.45) is 4.99 Å². The van der Waals surface area contributed by atoms with Crippen molar-refractivity contribution in [3.8, 4) is 0 Å². The average molecular weight is 423 g/mol. The first-order chi connectivity index (χ1) is 6.88. The lowest BCUT2D eigenvalue weighted by Gasteiger charge is -1.96. The van der Waals surface area contributed by atoms with Crippen LogP contribution in [0.5, 0.6) is 0 Å². The van der Waals surface area contributed by atoms with Gasteiger partial charge in [0, 0.05) is 22.0 Å². The van der Waals surface area contributed by atoms with Crippen molar-refractivity contribution in [2.45, 2.75) is 0 Å². The van der Waals surface area contributed by atoms with Gasteiger partial charge in [-0.2, -0.15) is 0 Å². The molecule has 0 fully saturated rings. The minimum atomic E-state index is 0. The van der Waals surface area contributed by atoms with Crippen molar-refractivity contribution in [1.29, 1.82) is 0 Å². The summed E-state index contributed by atoms with van der Waals surface area (Å²) in [5, 5.41) is 0. The monoisotopic (exact) mass is 423 g/mol. The minimum Gasteiger partial charge on any atom is -1.00 e. The van der Waals surface area contributed by atoms with Crippen LogP contribution in [0.1, 0.15) is 5.69 Å². The molecule has 0 saturated heterocycles. The first-order valence-electron chi connectivity index (χ1n) is 4.06. The molecule has 5 heteroatoms. The Bertz CT molecular complexity index is 471. The molecule has 2 rings (SSSR count). The lowest BCUT2D eigenvalue weighted by molar-refractivity contribution is -0.368. The Morgan fingerprint density at radius 3 is 3.07 bits per heavy atom. The molecule has 1 aliphatic heterocycles. The molecule has 0 aliphatic carbocycles. The van der Waals surface area contributed by atoms with Gasteiger partial charge in [0.2, 0.25) is 11.9 Å². The molecular weight excluding hydrogens is 416 g/mol. The summed E-state index contributed by atoms with van der Waals surface area (Å²) in [5.74, 6) is 2.72. The fourth-order valence-corrected chi connectivity index (χ4v) is 1.72. The highest BCUT2D eigenvalue weighted by Gasteiger charge is 2.11. The Morgan fingerprint density at radius 2 is 2.27 bits per heavy atom. The predicted molar refractivity (Wildman–Crippen MR) is 63.2 cm³/mol. The topological polar surface area (TPSA) is 39.2 Å². The van der Waals surface area contributed by atoms with E-state index in [4.69, 9.17) is 0 Å². The summed E-state index contributed by atoms with van der Waals surface area (Å²) in [4.78, 5) is 11.2. The van der Waals surface area contributed by atoms with Crippen LogP contribution in [0.4, 0.5) is 0 Å². The Morgan fingerprint density at radius 1 is 1.40 bits per heavy atom. The molecule has 0 amide bonds. The molecule has 0 bridgehead atoms. The summed E-state index contributed by atoms with van der Waals surface area (Å²) in [7, 11) is 0. The van der Waals surface area contributed by atoms with Gasteiger partial charge >= 0.3 is 0 Å². The van der Waals surface area contributed by atoms with E-state index in [2.05, 4.69) is 43.4 Å². The third kappa shape index (κ3) is 3.22. The zero-order valence-electron chi connectivity index (χ0n) is 7.61. The summed E-state index contributed by atoms with van der Waals surface area (Å²) < 4.78 is 1.10. The number of aliphatic imine (C=N–C) groups is 1. The highest BCUT2D eigenvalue weighted by molar-refractivity contribution is 14.1. The van der Waals surface area contributed by atoms with E-state index < -0.39 is 0 Å². The number of allylic oxidation sites excluding steroid dienone is 1. The van der Waals surface area contributed by atoms with E-state index in [9.17, 15) is 0 Å². The molecular formula is C10H7I2N3. The first-order valence-corrected chi connectivity index (χ1v) is 5.14. The number of nitrogens with zero attached hydrogens (tertiary/aromatic N) is 2. The van der Waals surface area contributed by atoms with Gasteiger partial charge in [0.1, 0.15) is 5.69 Å². The summed E-state index contributed by atoms with van der Waals surface area (Å²) in [6.07, 6.45) is 7.01. The van der Waals surface area contributed by atoms with Crippen molar-refractivity contribution >= 4 is 34.2 Å². The van der Waals surface area contributed by atoms with Gasteiger partial charge in [-0.25, -0.2) is 15.0 Å². The van der Waals surface area contributed by atoms with E-state index in [1.807, 2.05) is 18.2 Å². The van der Waals surface area contributed by atoms with Crippen molar-refractivity contribution in [1.82, 2.24) is 4.98 Å². The fourth-order valence-electron chi connectivity index (χ4n) is 1.08. The molecule has 15 heavy (non-hydrogen) atoms. The van der Waals surface area contributed by atoms with Crippen LogP contribution in [0.15, 0.2) is 41.8 Å². The first kappa shape index (κ1) is 12.5. The number of aromatic nitrogens is 1. The third-order valence-corrected chi connectivity index (χ3v) is 2.57. The number of hydrogen-bond donors (Lipinski definition) is 1. The van der Waals surface area contributed by atoms with Crippen LogP contribution in [-0.4, -0.2) is 16.6 Å². The predicted octanol–water partition coefficient (Wildman–Crippen LogP) is -2.73. The van der Waals surface area contributed by atoms with E-state index >= 15 is 0 Å². The van der Waals surface area contributed by atoms with Crippen LogP contribution in [-0.2, 0) is 0 Å². The highest BCUT2D eigenvalue weighted by Crippen LogP contribution is 2.08. The minimum absolute atomic E-state index is 0. The average Bonchev–Trinajstić information content (AvgIpc) is 2.47. The van der Waals surface area contributed by atoms with Crippen LogP contribution < -0.4 is 29.0 Å². The van der Waals surface area contributed by atoms with Gasteiger partial charge in [-0.3, -0.25) is 0 Å². The van der Waals surface area contributed by atoms with Crippen LogP contribution in [0.2, 0.25) is 0 Å². The Kier molecular flexibility index (Phi) is 5.13. The number of pyridine rings is 1. The Labute approximate surface area is 118 Å². The van der Waals surface area contributed by atoms with E-state index in [1.54, 1.807) is 18.6 Å². The summed E-state index contributed by atoms with van der Waals surface area (Å²) in [5.41, 5.74) is 1.86. The largest absolute Gasteiger partial charge is 1.00 e. The molecule has 1 aromatic rings. The molecule has 0 radical (unpaired) electrons. The molecule has 0 aromatic carbocycles. The van der Waals surface area contributed by atoms with E-state index in [0.29, 0.717) is 0 Å². The van der Waals surface area contributed by atoms with Crippen molar-refractivity contribution in [3.05, 3.63) is 46.1 Å². The molecule has 3 nitrogen and oxygen atoms in total. The Hall–Kier alpha value is -0.530. The van der Waals surface area contributed by atoms with E-state index in [1.165, 1.54) is 0 Å². The van der Waals surface area contributed by atoms with Crippen molar-refractivity contribution in [2.75, 3.05) is 0 Å². The second-order valence-electron chi connectivity index (χ2n) is 2.61. The lowest BCUT2D eigenvalue weighted by atomic mass is 10.2. The standard InChI is InChI=1S/C10H6IN3.HI/c11-8-2-1-4-14-10(8)9-3-5-12-6-7-13-9;/h1-5,7H;1H. The molecule has 76 valence electrons. The number of halogens is 2.